The van der Waals surface area contributed by atoms with Crippen molar-refractivity contribution < 1.29 is 0 Å². The fourth-order valence-corrected chi connectivity index (χ4v) is 13.7. The van der Waals surface area contributed by atoms with Gasteiger partial charge in [0, 0.05) is 54.2 Å². The summed E-state index contributed by atoms with van der Waals surface area (Å²) in [5.41, 5.74) is 22.6. The van der Waals surface area contributed by atoms with E-state index in [1.165, 1.54) is 142 Å². The molecule has 0 saturated heterocycles. The first-order valence-corrected chi connectivity index (χ1v) is 27.2. The third kappa shape index (κ3) is 6.19. The Morgan fingerprint density at radius 3 is 1.14 bits per heavy atom. The quantitative estimate of drug-likeness (QED) is 0.153. The van der Waals surface area contributed by atoms with Crippen LogP contribution >= 0.6 is 0 Å². The lowest BCUT2D eigenvalue weighted by molar-refractivity contribution is 1.36. The summed E-state index contributed by atoms with van der Waals surface area (Å²) in [5, 5.41) is 24.0. The van der Waals surface area contributed by atoms with E-state index in [0.29, 0.717) is 11.3 Å². The molecular formula is C76H42N4. The van der Waals surface area contributed by atoms with Crippen molar-refractivity contribution in [2.75, 3.05) is 0 Å². The van der Waals surface area contributed by atoms with Crippen LogP contribution in [-0.2, 0) is 0 Å². The Morgan fingerprint density at radius 1 is 0.312 bits per heavy atom. The molecule has 0 aliphatic carbocycles. The van der Waals surface area contributed by atoms with Gasteiger partial charge in [-0.05, 0) is 126 Å². The fraction of sp³-hybridized carbons (Fsp3) is 0. The second-order valence-electron chi connectivity index (χ2n) is 21.3. The predicted octanol–water partition coefficient (Wildman–Crippen LogP) is 20.7. The molecule has 0 radical (unpaired) electrons. The minimum atomic E-state index is 0.647. The highest BCUT2D eigenvalue weighted by Gasteiger charge is 2.32. The molecule has 366 valence electrons. The van der Waals surface area contributed by atoms with Gasteiger partial charge < -0.3 is 8.80 Å². The average molecular weight is 1010 g/mol. The van der Waals surface area contributed by atoms with Crippen LogP contribution in [0, 0.1) is 17.9 Å². The Balaban J connectivity index is 0.959. The first-order chi connectivity index (χ1) is 39.6. The molecule has 13 aromatic carbocycles. The van der Waals surface area contributed by atoms with Gasteiger partial charge in [-0.3, -0.25) is 0 Å². The highest BCUT2D eigenvalue weighted by atomic mass is 14.9. The second-order valence-corrected chi connectivity index (χ2v) is 21.3. The molecule has 0 saturated carbocycles. The zero-order valence-electron chi connectivity index (χ0n) is 43.0. The number of hydrogen-bond donors (Lipinski definition) is 0. The number of hydrogen-bond acceptors (Lipinski definition) is 1. The molecule has 0 fully saturated rings. The molecule has 0 aliphatic rings. The minimum absolute atomic E-state index is 0.647. The van der Waals surface area contributed by atoms with Crippen LogP contribution in [0.1, 0.15) is 5.56 Å². The van der Waals surface area contributed by atoms with Gasteiger partial charge >= 0.3 is 0 Å². The van der Waals surface area contributed by atoms with Crippen molar-refractivity contribution >= 4 is 103 Å². The lowest BCUT2D eigenvalue weighted by Gasteiger charge is -2.16. The van der Waals surface area contributed by atoms with E-state index in [4.69, 9.17) is 6.57 Å². The summed E-state index contributed by atoms with van der Waals surface area (Å²) >= 11 is 0. The fourth-order valence-electron chi connectivity index (χ4n) is 13.7. The predicted molar refractivity (Wildman–Crippen MR) is 334 cm³/mol. The molecule has 0 amide bonds. The summed E-state index contributed by atoms with van der Waals surface area (Å²) in [4.78, 5) is 3.60. The molecule has 17 aromatic rings. The molecule has 4 aromatic heterocycles. The van der Waals surface area contributed by atoms with Gasteiger partial charge in [0.1, 0.15) is 0 Å². The van der Waals surface area contributed by atoms with E-state index in [-0.39, 0.29) is 0 Å². The minimum Gasteiger partial charge on any atom is -0.307 e. The van der Waals surface area contributed by atoms with Crippen LogP contribution in [0.2, 0.25) is 0 Å². The zero-order valence-corrected chi connectivity index (χ0v) is 43.0. The maximum atomic E-state index is 9.42. The summed E-state index contributed by atoms with van der Waals surface area (Å²) in [6, 6.07) is 95.0. The number of nitrogens with zero attached hydrogens (tertiary/aromatic N) is 4. The molecular weight excluding hydrogens is 969 g/mol. The van der Waals surface area contributed by atoms with Crippen LogP contribution in [-0.4, -0.2) is 8.80 Å². The molecule has 80 heavy (non-hydrogen) atoms. The molecule has 4 heterocycles. The monoisotopic (exact) mass is 1010 g/mol. The maximum absolute atomic E-state index is 9.42. The normalized spacial score (nSPS) is 12.0. The highest BCUT2D eigenvalue weighted by molar-refractivity contribution is 6.39. The van der Waals surface area contributed by atoms with E-state index in [1.54, 1.807) is 0 Å². The van der Waals surface area contributed by atoms with Crippen LogP contribution < -0.4 is 0 Å². The van der Waals surface area contributed by atoms with Gasteiger partial charge in [0.25, 0.3) is 0 Å². The number of aromatic nitrogens is 2. The first-order valence-electron chi connectivity index (χ1n) is 27.2. The Kier molecular flexibility index (Phi) is 9.23. The van der Waals surface area contributed by atoms with Gasteiger partial charge in [0.2, 0.25) is 0 Å². The van der Waals surface area contributed by atoms with E-state index in [1.807, 2.05) is 48.5 Å². The van der Waals surface area contributed by atoms with Gasteiger partial charge in [-0.25, -0.2) is 4.85 Å². The van der Waals surface area contributed by atoms with E-state index >= 15 is 0 Å². The van der Waals surface area contributed by atoms with E-state index in [0.717, 1.165) is 22.3 Å². The molecule has 0 bridgehead atoms. The first kappa shape index (κ1) is 44.1. The SMILES string of the molecule is [C-]#[N+]c1ccc(-c2ccc3cc(-c4ccc5c6c(-c7ccccc7)c7c(c(-c8ccccc8)c6n6c8ccccc8c4c56)c4ccc(-c5ccc6cc(-c8ccc(C#N)cc8)ccc6c5)c5c6ccccc6n7c45)ccc3c2)cc1. The second kappa shape index (κ2) is 16.7. The Labute approximate surface area is 459 Å². The smallest absolute Gasteiger partial charge is 0.187 e. The molecule has 0 aliphatic heterocycles. The van der Waals surface area contributed by atoms with Crippen LogP contribution in [0.5, 0.6) is 0 Å². The Morgan fingerprint density at radius 2 is 0.700 bits per heavy atom. The van der Waals surface area contributed by atoms with Crippen molar-refractivity contribution in [3.63, 3.8) is 0 Å². The van der Waals surface area contributed by atoms with Crippen molar-refractivity contribution in [3.05, 3.63) is 272 Å². The van der Waals surface area contributed by atoms with Gasteiger partial charge in [-0.15, -0.1) is 0 Å². The van der Waals surface area contributed by atoms with Gasteiger partial charge in [0.05, 0.1) is 51.3 Å². The van der Waals surface area contributed by atoms with Crippen molar-refractivity contribution in [2.24, 2.45) is 0 Å². The van der Waals surface area contributed by atoms with Gasteiger partial charge in [-0.1, -0.05) is 206 Å². The van der Waals surface area contributed by atoms with E-state index < -0.39 is 0 Å². The van der Waals surface area contributed by atoms with Crippen molar-refractivity contribution in [2.45, 2.75) is 0 Å². The highest BCUT2D eigenvalue weighted by Crippen LogP contribution is 2.56. The average Bonchev–Trinajstić information content (AvgIpc) is 3.68. The number of rotatable bonds is 6. The molecule has 4 nitrogen and oxygen atoms in total. The topological polar surface area (TPSA) is 37.0 Å². The molecule has 0 N–H and O–H groups in total. The van der Waals surface area contributed by atoms with Gasteiger partial charge in [-0.2, -0.15) is 5.26 Å². The third-order valence-corrected chi connectivity index (χ3v) is 17.2. The number of nitriles is 1. The standard InChI is InChI=1S/C76H42N4/c1-78-58-34-32-47(33-35-58)51-25-27-55-43-57(31-29-53(55)41-51)60-37-39-64-72-68(49-14-6-3-7-15-49)75-71(67(48-12-4-2-5-13-48)76(72)80-66-19-11-9-17-62(66)70(60)74(64)80)63-38-36-59(69-61-16-8-10-18-65(61)79(75)73(63)69)56-30-28-52-40-50(24-26-54(52)42-56)46-22-20-45(44-77)21-23-46/h2-43H. The van der Waals surface area contributed by atoms with E-state index in [9.17, 15) is 5.26 Å². The molecule has 17 rings (SSSR count). The largest absolute Gasteiger partial charge is 0.307 e. The van der Waals surface area contributed by atoms with Crippen molar-refractivity contribution in [1.82, 2.24) is 8.80 Å². The van der Waals surface area contributed by atoms with Crippen LogP contribution in [0.4, 0.5) is 5.69 Å². The molecule has 0 atom stereocenters. The molecule has 0 unspecified atom stereocenters. The van der Waals surface area contributed by atoms with Crippen molar-refractivity contribution in [3.8, 4) is 72.8 Å². The van der Waals surface area contributed by atoms with Crippen LogP contribution in [0.25, 0.3) is 169 Å². The number of benzene rings is 13. The van der Waals surface area contributed by atoms with Crippen molar-refractivity contribution in [1.29, 1.82) is 5.26 Å². The summed E-state index contributed by atoms with van der Waals surface area (Å²) in [7, 11) is 0. The lowest BCUT2D eigenvalue weighted by Crippen LogP contribution is -1.93. The van der Waals surface area contributed by atoms with Gasteiger partial charge in [0.15, 0.2) is 5.69 Å². The van der Waals surface area contributed by atoms with Crippen LogP contribution in [0.15, 0.2) is 255 Å². The number of fused-ring (bicyclic) bond motifs is 14. The van der Waals surface area contributed by atoms with Crippen LogP contribution in [0.3, 0.4) is 0 Å². The summed E-state index contributed by atoms with van der Waals surface area (Å²) in [5.74, 6) is 0. The lowest BCUT2D eigenvalue weighted by atomic mass is 9.88. The Hall–Kier alpha value is -11.0. The zero-order chi connectivity index (χ0) is 52.7. The summed E-state index contributed by atoms with van der Waals surface area (Å²) < 4.78 is 5.22. The maximum Gasteiger partial charge on any atom is 0.187 e. The summed E-state index contributed by atoms with van der Waals surface area (Å²) in [6.45, 7) is 7.43. The van der Waals surface area contributed by atoms with E-state index in [2.05, 4.69) is 226 Å². The third-order valence-electron chi connectivity index (χ3n) is 17.2. The summed E-state index contributed by atoms with van der Waals surface area (Å²) in [6.07, 6.45) is 0. The molecule has 4 heteroatoms. The molecule has 0 spiro atoms. The number of para-hydroxylation sites is 2. The Bertz CT molecular complexity index is 5170.